The predicted octanol–water partition coefficient (Wildman–Crippen LogP) is 1.82. The van der Waals surface area contributed by atoms with Crippen molar-refractivity contribution in [2.24, 2.45) is 5.73 Å². The average Bonchev–Trinajstić information content (AvgIpc) is 2.06. The Kier molecular flexibility index (Phi) is 2.76. The monoisotopic (exact) mass is 171 g/mol. The van der Waals surface area contributed by atoms with Crippen molar-refractivity contribution in [3.05, 3.63) is 35.9 Å². The van der Waals surface area contributed by atoms with Gasteiger partial charge in [0.15, 0.2) is 0 Å². The van der Waals surface area contributed by atoms with Crippen molar-refractivity contribution in [3.63, 3.8) is 0 Å². The van der Waals surface area contributed by atoms with Crippen molar-refractivity contribution >= 4 is 0 Å². The Morgan fingerprint density at radius 3 is 2.25 bits per heavy atom. The van der Waals surface area contributed by atoms with Crippen molar-refractivity contribution in [1.82, 2.24) is 0 Å². The van der Waals surface area contributed by atoms with E-state index in [2.05, 4.69) is 0 Å². The predicted molar refractivity (Wildman–Crippen MR) is 44.1 cm³/mol. The second-order valence-electron chi connectivity index (χ2n) is 2.72. The second kappa shape index (κ2) is 3.63. The van der Waals surface area contributed by atoms with E-state index in [0.29, 0.717) is 5.56 Å². The Bertz CT molecular complexity index is 234. The molecule has 0 amide bonds. The Hall–Kier alpha value is -0.960. The maximum absolute atomic E-state index is 12.7. The number of nitrogens with two attached hydrogens (primary N) is 1. The molecule has 0 fully saturated rings. The van der Waals surface area contributed by atoms with Gasteiger partial charge in [-0.3, -0.25) is 0 Å². The Morgan fingerprint density at radius 2 is 1.75 bits per heavy atom. The van der Waals surface area contributed by atoms with Crippen LogP contribution < -0.4 is 5.73 Å². The summed E-state index contributed by atoms with van der Waals surface area (Å²) in [6.45, 7) is -0.595. The van der Waals surface area contributed by atoms with Crippen LogP contribution in [-0.4, -0.2) is 12.5 Å². The molecule has 0 spiro atoms. The van der Waals surface area contributed by atoms with E-state index in [4.69, 9.17) is 5.73 Å². The van der Waals surface area contributed by atoms with Gasteiger partial charge in [-0.05, 0) is 5.56 Å². The molecule has 0 atom stereocenters. The molecule has 1 nitrogen and oxygen atoms in total. The molecule has 0 aliphatic rings. The number of benzene rings is 1. The fraction of sp³-hybridized carbons (Fsp3) is 0.333. The molecule has 0 radical (unpaired) electrons. The molecule has 12 heavy (non-hydrogen) atoms. The van der Waals surface area contributed by atoms with E-state index in [1.165, 1.54) is 0 Å². The summed E-state index contributed by atoms with van der Waals surface area (Å²) in [6.07, 6.45) is -0.273. The van der Waals surface area contributed by atoms with Crippen LogP contribution in [0.4, 0.5) is 8.78 Å². The number of alkyl halides is 2. The molecule has 0 unspecified atom stereocenters. The van der Waals surface area contributed by atoms with Gasteiger partial charge in [0.2, 0.25) is 0 Å². The lowest BCUT2D eigenvalue weighted by Gasteiger charge is -2.12. The molecule has 0 aromatic heterocycles. The number of rotatable bonds is 3. The van der Waals surface area contributed by atoms with Crippen LogP contribution in [0.5, 0.6) is 0 Å². The quantitative estimate of drug-likeness (QED) is 0.737. The first-order chi connectivity index (χ1) is 5.64. The molecular formula is C9H11F2N. The highest BCUT2D eigenvalue weighted by molar-refractivity contribution is 5.16. The van der Waals surface area contributed by atoms with Gasteiger partial charge in [-0.1, -0.05) is 30.3 Å². The minimum atomic E-state index is -2.78. The molecule has 66 valence electrons. The Morgan fingerprint density at radius 1 is 1.17 bits per heavy atom. The largest absolute Gasteiger partial charge is 0.325 e. The number of hydrogen-bond acceptors (Lipinski definition) is 1. The number of halogens is 2. The molecule has 0 aliphatic heterocycles. The summed E-state index contributed by atoms with van der Waals surface area (Å²) in [6, 6.07) is 8.61. The zero-order valence-electron chi connectivity index (χ0n) is 6.63. The van der Waals surface area contributed by atoms with Gasteiger partial charge in [0, 0.05) is 6.42 Å². The van der Waals surface area contributed by atoms with Crippen molar-refractivity contribution in [2.75, 3.05) is 6.54 Å². The second-order valence-corrected chi connectivity index (χ2v) is 2.72. The first kappa shape index (κ1) is 9.13. The average molecular weight is 171 g/mol. The van der Waals surface area contributed by atoms with E-state index in [9.17, 15) is 8.78 Å². The first-order valence-electron chi connectivity index (χ1n) is 3.76. The molecular weight excluding hydrogens is 160 g/mol. The lowest BCUT2D eigenvalue weighted by molar-refractivity contribution is 0.0115. The fourth-order valence-corrected chi connectivity index (χ4v) is 0.967. The van der Waals surface area contributed by atoms with Crippen LogP contribution in [0.15, 0.2) is 30.3 Å². The maximum Gasteiger partial charge on any atom is 0.264 e. The fourth-order valence-electron chi connectivity index (χ4n) is 0.967. The van der Waals surface area contributed by atoms with E-state index in [1.54, 1.807) is 30.3 Å². The van der Waals surface area contributed by atoms with Gasteiger partial charge < -0.3 is 5.73 Å². The minimum Gasteiger partial charge on any atom is -0.325 e. The zero-order valence-corrected chi connectivity index (χ0v) is 6.63. The SMILES string of the molecule is NCC(F)(F)Cc1ccccc1. The molecule has 1 aromatic carbocycles. The molecule has 0 saturated heterocycles. The summed E-state index contributed by atoms with van der Waals surface area (Å²) >= 11 is 0. The zero-order chi connectivity index (χ0) is 9.03. The highest BCUT2D eigenvalue weighted by atomic mass is 19.3. The first-order valence-corrected chi connectivity index (χ1v) is 3.76. The Balaban J connectivity index is 2.64. The third-order valence-corrected chi connectivity index (χ3v) is 1.60. The number of hydrogen-bond donors (Lipinski definition) is 1. The van der Waals surface area contributed by atoms with Crippen LogP contribution in [-0.2, 0) is 6.42 Å². The van der Waals surface area contributed by atoms with Gasteiger partial charge in [0.1, 0.15) is 0 Å². The van der Waals surface area contributed by atoms with E-state index in [1.807, 2.05) is 0 Å². The molecule has 3 heteroatoms. The van der Waals surface area contributed by atoms with Crippen molar-refractivity contribution < 1.29 is 8.78 Å². The summed E-state index contributed by atoms with van der Waals surface area (Å²) < 4.78 is 25.4. The van der Waals surface area contributed by atoms with Crippen molar-refractivity contribution in [3.8, 4) is 0 Å². The summed E-state index contributed by atoms with van der Waals surface area (Å²) in [5.74, 6) is -2.78. The summed E-state index contributed by atoms with van der Waals surface area (Å²) in [4.78, 5) is 0. The van der Waals surface area contributed by atoms with Crippen LogP contribution >= 0.6 is 0 Å². The lowest BCUT2D eigenvalue weighted by Crippen LogP contribution is -2.30. The highest BCUT2D eigenvalue weighted by Crippen LogP contribution is 2.17. The van der Waals surface area contributed by atoms with E-state index >= 15 is 0 Å². The van der Waals surface area contributed by atoms with Gasteiger partial charge in [0.25, 0.3) is 5.92 Å². The van der Waals surface area contributed by atoms with Crippen LogP contribution in [0.1, 0.15) is 5.56 Å². The standard InChI is InChI=1S/C9H11F2N/c10-9(11,7-12)6-8-4-2-1-3-5-8/h1-5H,6-7,12H2. The normalized spacial score (nSPS) is 11.6. The molecule has 0 bridgehead atoms. The summed E-state index contributed by atoms with van der Waals surface area (Å²) in [5.41, 5.74) is 5.52. The lowest BCUT2D eigenvalue weighted by atomic mass is 10.1. The highest BCUT2D eigenvalue weighted by Gasteiger charge is 2.26. The van der Waals surface area contributed by atoms with Crippen LogP contribution in [0.25, 0.3) is 0 Å². The summed E-state index contributed by atoms with van der Waals surface area (Å²) in [5, 5.41) is 0. The molecule has 0 heterocycles. The Labute approximate surface area is 70.2 Å². The third kappa shape index (κ3) is 2.58. The van der Waals surface area contributed by atoms with Crippen LogP contribution in [0.3, 0.4) is 0 Å². The molecule has 2 N–H and O–H groups in total. The van der Waals surface area contributed by atoms with E-state index in [0.717, 1.165) is 0 Å². The van der Waals surface area contributed by atoms with Gasteiger partial charge in [0.05, 0.1) is 6.54 Å². The van der Waals surface area contributed by atoms with Crippen molar-refractivity contribution in [2.45, 2.75) is 12.3 Å². The molecule has 0 aliphatic carbocycles. The topological polar surface area (TPSA) is 26.0 Å². The van der Waals surface area contributed by atoms with Gasteiger partial charge in [-0.2, -0.15) is 0 Å². The van der Waals surface area contributed by atoms with Crippen LogP contribution in [0.2, 0.25) is 0 Å². The van der Waals surface area contributed by atoms with E-state index in [-0.39, 0.29) is 6.42 Å². The van der Waals surface area contributed by atoms with E-state index < -0.39 is 12.5 Å². The van der Waals surface area contributed by atoms with Gasteiger partial charge >= 0.3 is 0 Å². The molecule has 0 saturated carbocycles. The smallest absolute Gasteiger partial charge is 0.264 e. The summed E-state index contributed by atoms with van der Waals surface area (Å²) in [7, 11) is 0. The molecule has 1 rings (SSSR count). The van der Waals surface area contributed by atoms with Gasteiger partial charge in [-0.25, -0.2) is 8.78 Å². The maximum atomic E-state index is 12.7. The third-order valence-electron chi connectivity index (χ3n) is 1.60. The minimum absolute atomic E-state index is 0.273. The van der Waals surface area contributed by atoms with Crippen LogP contribution in [0, 0.1) is 0 Å². The van der Waals surface area contributed by atoms with Gasteiger partial charge in [-0.15, -0.1) is 0 Å². The molecule has 1 aromatic rings. The van der Waals surface area contributed by atoms with Crippen molar-refractivity contribution in [1.29, 1.82) is 0 Å².